The lowest BCUT2D eigenvalue weighted by Gasteiger charge is -2.31. The van der Waals surface area contributed by atoms with Gasteiger partial charge in [0.25, 0.3) is 0 Å². The van der Waals surface area contributed by atoms with Crippen LogP contribution in [0.1, 0.15) is 24.5 Å². The maximum atomic E-state index is 12.3. The number of carbonyl (C=O) groups is 1. The van der Waals surface area contributed by atoms with E-state index >= 15 is 0 Å². The van der Waals surface area contributed by atoms with Crippen LogP contribution in [-0.4, -0.2) is 44.1 Å². The van der Waals surface area contributed by atoms with Crippen molar-refractivity contribution in [2.75, 3.05) is 21.2 Å². The quantitative estimate of drug-likeness (QED) is 0.902. The zero-order chi connectivity index (χ0) is 15.1. The van der Waals surface area contributed by atoms with Crippen LogP contribution in [0.5, 0.6) is 5.75 Å². The van der Waals surface area contributed by atoms with Gasteiger partial charge in [-0.3, -0.25) is 10.1 Å². The molecule has 1 aliphatic carbocycles. The van der Waals surface area contributed by atoms with Crippen LogP contribution in [0, 0.1) is 0 Å². The summed E-state index contributed by atoms with van der Waals surface area (Å²) in [7, 11) is 5.31. The number of rotatable bonds is 2. The van der Waals surface area contributed by atoms with Gasteiger partial charge in [-0.25, -0.2) is 0 Å². The van der Waals surface area contributed by atoms with Crippen LogP contribution in [0.15, 0.2) is 23.8 Å². The van der Waals surface area contributed by atoms with E-state index in [9.17, 15) is 4.79 Å². The number of nitrogens with zero attached hydrogens (tertiary/aromatic N) is 1. The second kappa shape index (κ2) is 5.19. The fourth-order valence-corrected chi connectivity index (χ4v) is 3.39. The highest BCUT2D eigenvalue weighted by molar-refractivity contribution is 5.88. The maximum absolute atomic E-state index is 12.3. The monoisotopic (exact) mass is 286 g/mol. The number of benzene rings is 1. The van der Waals surface area contributed by atoms with Crippen LogP contribution in [0.2, 0.25) is 0 Å². The summed E-state index contributed by atoms with van der Waals surface area (Å²) in [5.74, 6) is 1.02. The normalized spacial score (nSPS) is 23.6. The lowest BCUT2D eigenvalue weighted by molar-refractivity contribution is -0.131. The van der Waals surface area contributed by atoms with Gasteiger partial charge in [-0.2, -0.15) is 0 Å². The minimum absolute atomic E-state index is 0.133. The summed E-state index contributed by atoms with van der Waals surface area (Å²) in [4.78, 5) is 13.9. The maximum Gasteiger partial charge on any atom is 0.239 e. The first-order chi connectivity index (χ1) is 10.0. The van der Waals surface area contributed by atoms with Crippen LogP contribution in [0.25, 0.3) is 5.57 Å². The van der Waals surface area contributed by atoms with Gasteiger partial charge >= 0.3 is 0 Å². The van der Waals surface area contributed by atoms with Gasteiger partial charge in [0.1, 0.15) is 5.75 Å². The Bertz CT molecular complexity index is 619. The summed E-state index contributed by atoms with van der Waals surface area (Å²) in [5, 5.41) is 3.45. The Morgan fingerprint density at radius 3 is 2.81 bits per heavy atom. The molecule has 0 aromatic heterocycles. The standard InChI is InChI=1S/C17H22N2O2/c1-10-13-7-11-5-6-12(21-4)8-14(11)15(13)9-16(18-10)17(20)19(2)3/h5-6,8,10,16,18H,7,9H2,1-4H3. The molecule has 1 aromatic carbocycles. The van der Waals surface area contributed by atoms with E-state index in [0.29, 0.717) is 0 Å². The first-order valence-electron chi connectivity index (χ1n) is 7.37. The summed E-state index contributed by atoms with van der Waals surface area (Å²) in [5.41, 5.74) is 5.35. The Hall–Kier alpha value is -1.81. The smallest absolute Gasteiger partial charge is 0.239 e. The Balaban J connectivity index is 1.96. The van der Waals surface area contributed by atoms with Crippen molar-refractivity contribution in [3.8, 4) is 5.75 Å². The average molecular weight is 286 g/mol. The van der Waals surface area contributed by atoms with E-state index in [4.69, 9.17) is 4.74 Å². The number of ether oxygens (including phenoxy) is 1. The minimum Gasteiger partial charge on any atom is -0.497 e. The highest BCUT2D eigenvalue weighted by Gasteiger charge is 2.35. The van der Waals surface area contributed by atoms with Gasteiger partial charge in [0.15, 0.2) is 0 Å². The molecule has 1 amide bonds. The molecule has 1 aromatic rings. The minimum atomic E-state index is -0.133. The molecule has 0 bridgehead atoms. The van der Waals surface area contributed by atoms with Crippen molar-refractivity contribution >= 4 is 11.5 Å². The predicted octanol–water partition coefficient (Wildman–Crippen LogP) is 1.84. The van der Waals surface area contributed by atoms with Crippen molar-refractivity contribution in [1.29, 1.82) is 0 Å². The molecule has 0 radical (unpaired) electrons. The molecule has 112 valence electrons. The molecular formula is C17H22N2O2. The second-order valence-corrected chi connectivity index (χ2v) is 6.08. The summed E-state index contributed by atoms with van der Waals surface area (Å²) >= 11 is 0. The predicted molar refractivity (Wildman–Crippen MR) is 83.3 cm³/mol. The molecule has 1 heterocycles. The van der Waals surface area contributed by atoms with E-state index < -0.39 is 0 Å². The van der Waals surface area contributed by atoms with Crippen molar-refractivity contribution < 1.29 is 9.53 Å². The molecule has 4 heteroatoms. The molecule has 2 unspecified atom stereocenters. The number of hydrogen-bond acceptors (Lipinski definition) is 3. The fourth-order valence-electron chi connectivity index (χ4n) is 3.39. The van der Waals surface area contributed by atoms with E-state index in [1.54, 1.807) is 12.0 Å². The molecule has 3 rings (SSSR count). The SMILES string of the molecule is COc1ccc2c(c1)C1=C(C2)C(C)NC(C(=O)N(C)C)C1. The summed E-state index contributed by atoms with van der Waals surface area (Å²) in [6, 6.07) is 6.36. The third-order valence-electron chi connectivity index (χ3n) is 4.53. The third-order valence-corrected chi connectivity index (χ3v) is 4.53. The molecule has 1 aliphatic heterocycles. The average Bonchev–Trinajstić information content (AvgIpc) is 2.84. The third kappa shape index (κ3) is 2.33. The molecule has 1 N–H and O–H groups in total. The van der Waals surface area contributed by atoms with Crippen molar-refractivity contribution in [2.45, 2.75) is 31.8 Å². The molecule has 21 heavy (non-hydrogen) atoms. The van der Waals surface area contributed by atoms with Gasteiger partial charge in [-0.05, 0) is 54.2 Å². The Kier molecular flexibility index (Phi) is 3.49. The van der Waals surface area contributed by atoms with Crippen molar-refractivity contribution in [2.24, 2.45) is 0 Å². The number of hydrogen-bond donors (Lipinski definition) is 1. The molecule has 0 fully saturated rings. The van der Waals surface area contributed by atoms with E-state index in [-0.39, 0.29) is 18.0 Å². The topological polar surface area (TPSA) is 41.6 Å². The second-order valence-electron chi connectivity index (χ2n) is 6.08. The highest BCUT2D eigenvalue weighted by atomic mass is 16.5. The summed E-state index contributed by atoms with van der Waals surface area (Å²) < 4.78 is 5.35. The molecule has 2 aliphatic rings. The van der Waals surface area contributed by atoms with Crippen molar-refractivity contribution in [3.63, 3.8) is 0 Å². The Labute approximate surface area is 125 Å². The highest BCUT2D eigenvalue weighted by Crippen LogP contribution is 2.41. The van der Waals surface area contributed by atoms with Crippen LogP contribution in [0.4, 0.5) is 0 Å². The van der Waals surface area contributed by atoms with E-state index in [2.05, 4.69) is 24.4 Å². The van der Waals surface area contributed by atoms with Gasteiger partial charge in [0, 0.05) is 20.1 Å². The van der Waals surface area contributed by atoms with Gasteiger partial charge < -0.3 is 9.64 Å². The van der Waals surface area contributed by atoms with Crippen LogP contribution >= 0.6 is 0 Å². The van der Waals surface area contributed by atoms with E-state index in [0.717, 1.165) is 18.6 Å². The molecule has 0 saturated carbocycles. The van der Waals surface area contributed by atoms with Gasteiger partial charge in [0.05, 0.1) is 13.2 Å². The first-order valence-corrected chi connectivity index (χ1v) is 7.37. The number of fused-ring (bicyclic) bond motifs is 2. The van der Waals surface area contributed by atoms with Gasteiger partial charge in [0.2, 0.25) is 5.91 Å². The van der Waals surface area contributed by atoms with Crippen LogP contribution in [-0.2, 0) is 11.2 Å². The van der Waals surface area contributed by atoms with Gasteiger partial charge in [-0.1, -0.05) is 6.07 Å². The number of amides is 1. The van der Waals surface area contributed by atoms with Crippen LogP contribution < -0.4 is 10.1 Å². The number of nitrogens with one attached hydrogen (secondary N) is 1. The van der Waals surface area contributed by atoms with Crippen molar-refractivity contribution in [1.82, 2.24) is 10.2 Å². The fraction of sp³-hybridized carbons (Fsp3) is 0.471. The molecule has 0 saturated heterocycles. The summed E-state index contributed by atoms with van der Waals surface area (Å²) in [6.45, 7) is 2.15. The Morgan fingerprint density at radius 2 is 2.14 bits per heavy atom. The molecule has 4 nitrogen and oxygen atoms in total. The number of methoxy groups -OCH3 is 1. The molecular weight excluding hydrogens is 264 g/mol. The van der Waals surface area contributed by atoms with E-state index in [1.165, 1.54) is 22.3 Å². The summed E-state index contributed by atoms with van der Waals surface area (Å²) in [6.07, 6.45) is 1.74. The van der Waals surface area contributed by atoms with Crippen LogP contribution in [0.3, 0.4) is 0 Å². The Morgan fingerprint density at radius 1 is 1.38 bits per heavy atom. The number of carbonyl (C=O) groups excluding carboxylic acids is 1. The molecule has 0 spiro atoms. The lowest BCUT2D eigenvalue weighted by atomic mass is 9.90. The van der Waals surface area contributed by atoms with Crippen molar-refractivity contribution in [3.05, 3.63) is 34.9 Å². The molecule has 2 atom stereocenters. The van der Waals surface area contributed by atoms with Gasteiger partial charge in [-0.15, -0.1) is 0 Å². The zero-order valence-electron chi connectivity index (χ0n) is 13.1. The first kappa shape index (κ1) is 14.1. The van der Waals surface area contributed by atoms with E-state index in [1.807, 2.05) is 20.2 Å². The number of likely N-dealkylation sites (N-methyl/N-ethyl adjacent to an activating group) is 1. The lowest BCUT2D eigenvalue weighted by Crippen LogP contribution is -2.50. The largest absolute Gasteiger partial charge is 0.497 e. The zero-order valence-corrected chi connectivity index (χ0v) is 13.1.